The first kappa shape index (κ1) is 10.1. The van der Waals surface area contributed by atoms with Gasteiger partial charge in [0.15, 0.2) is 0 Å². The van der Waals surface area contributed by atoms with Crippen LogP contribution in [-0.2, 0) is 0 Å². The molecule has 0 spiro atoms. The molecule has 0 aromatic rings. The highest BCUT2D eigenvalue weighted by Crippen LogP contribution is 2.33. The third-order valence-corrected chi connectivity index (χ3v) is 1.65. The number of aliphatic hydroxyl groups is 1. The van der Waals surface area contributed by atoms with E-state index in [1.165, 1.54) is 0 Å². The van der Waals surface area contributed by atoms with Crippen molar-refractivity contribution in [2.24, 2.45) is 5.73 Å². The summed E-state index contributed by atoms with van der Waals surface area (Å²) >= 11 is 0. The van der Waals surface area contributed by atoms with E-state index in [0.717, 1.165) is 0 Å². The first-order valence-electron chi connectivity index (χ1n) is 2.85. The van der Waals surface area contributed by atoms with E-state index < -0.39 is 18.1 Å². The van der Waals surface area contributed by atoms with Crippen LogP contribution in [0.5, 0.6) is 0 Å². The molecule has 62 valence electrons. The molecule has 1 aliphatic rings. The molecule has 0 saturated heterocycles. The average molecular weight is 174 g/mol. The van der Waals surface area contributed by atoms with E-state index in [2.05, 4.69) is 0 Å². The summed E-state index contributed by atoms with van der Waals surface area (Å²) in [7, 11) is 0. The highest BCUT2D eigenvalue weighted by Gasteiger charge is 2.47. The predicted molar refractivity (Wildman–Crippen MR) is 35.4 cm³/mol. The molecular formula is C5H10ClF2NO. The first-order valence-corrected chi connectivity index (χ1v) is 2.85. The summed E-state index contributed by atoms with van der Waals surface area (Å²) in [5.41, 5.74) is 5.12. The SMILES string of the molecule is Cl.N[C@@H]1CCC(F)(F)[C@H]1O. The summed E-state index contributed by atoms with van der Waals surface area (Å²) in [5, 5.41) is 8.65. The maximum atomic E-state index is 12.3. The fraction of sp³-hybridized carbons (Fsp3) is 1.00. The van der Waals surface area contributed by atoms with Crippen LogP contribution in [0.25, 0.3) is 0 Å². The topological polar surface area (TPSA) is 46.2 Å². The van der Waals surface area contributed by atoms with E-state index in [0.29, 0.717) is 0 Å². The molecule has 0 bridgehead atoms. The van der Waals surface area contributed by atoms with Gasteiger partial charge < -0.3 is 10.8 Å². The molecule has 1 fully saturated rings. The largest absolute Gasteiger partial charge is 0.385 e. The zero-order valence-corrected chi connectivity index (χ0v) is 6.07. The second kappa shape index (κ2) is 2.98. The number of alkyl halides is 2. The van der Waals surface area contributed by atoms with Crippen molar-refractivity contribution in [2.75, 3.05) is 0 Å². The van der Waals surface area contributed by atoms with Gasteiger partial charge in [-0.1, -0.05) is 0 Å². The minimum atomic E-state index is -2.95. The lowest BCUT2D eigenvalue weighted by Crippen LogP contribution is -2.38. The molecule has 0 radical (unpaired) electrons. The lowest BCUT2D eigenvalue weighted by atomic mass is 10.2. The lowest BCUT2D eigenvalue weighted by Gasteiger charge is -2.14. The van der Waals surface area contributed by atoms with E-state index in [1.807, 2.05) is 0 Å². The van der Waals surface area contributed by atoms with Gasteiger partial charge in [-0.05, 0) is 6.42 Å². The van der Waals surface area contributed by atoms with E-state index in [1.54, 1.807) is 0 Å². The van der Waals surface area contributed by atoms with Gasteiger partial charge in [-0.15, -0.1) is 12.4 Å². The minimum Gasteiger partial charge on any atom is -0.385 e. The zero-order valence-electron chi connectivity index (χ0n) is 5.26. The van der Waals surface area contributed by atoms with Gasteiger partial charge >= 0.3 is 0 Å². The Labute approximate surface area is 63.8 Å². The van der Waals surface area contributed by atoms with Gasteiger partial charge in [0.2, 0.25) is 0 Å². The second-order valence-electron chi connectivity index (χ2n) is 2.41. The molecule has 2 nitrogen and oxygen atoms in total. The second-order valence-corrected chi connectivity index (χ2v) is 2.41. The Kier molecular flexibility index (Phi) is 3.00. The molecule has 2 atom stereocenters. The van der Waals surface area contributed by atoms with Crippen molar-refractivity contribution < 1.29 is 13.9 Å². The van der Waals surface area contributed by atoms with Crippen LogP contribution < -0.4 is 5.73 Å². The number of nitrogens with two attached hydrogens (primary N) is 1. The molecule has 0 heterocycles. The van der Waals surface area contributed by atoms with Crippen molar-refractivity contribution in [1.82, 2.24) is 0 Å². The van der Waals surface area contributed by atoms with Gasteiger partial charge in [0, 0.05) is 12.5 Å². The van der Waals surface area contributed by atoms with Gasteiger partial charge in [-0.25, -0.2) is 8.78 Å². The van der Waals surface area contributed by atoms with Crippen LogP contribution >= 0.6 is 12.4 Å². The van der Waals surface area contributed by atoms with E-state index in [-0.39, 0.29) is 25.2 Å². The smallest absolute Gasteiger partial charge is 0.275 e. The Morgan fingerprint density at radius 1 is 1.50 bits per heavy atom. The Morgan fingerprint density at radius 3 is 2.10 bits per heavy atom. The summed E-state index contributed by atoms with van der Waals surface area (Å²) in [6.45, 7) is 0. The minimum absolute atomic E-state index is 0. The third kappa shape index (κ3) is 1.56. The quantitative estimate of drug-likeness (QED) is 0.561. The Bertz CT molecular complexity index is 122. The van der Waals surface area contributed by atoms with Gasteiger partial charge in [-0.2, -0.15) is 0 Å². The number of hydrogen-bond donors (Lipinski definition) is 2. The molecule has 10 heavy (non-hydrogen) atoms. The van der Waals surface area contributed by atoms with E-state index in [9.17, 15) is 8.78 Å². The highest BCUT2D eigenvalue weighted by molar-refractivity contribution is 5.85. The van der Waals surface area contributed by atoms with Crippen molar-refractivity contribution in [2.45, 2.75) is 30.9 Å². The summed E-state index contributed by atoms with van der Waals surface area (Å²) in [4.78, 5) is 0. The van der Waals surface area contributed by atoms with Crippen molar-refractivity contribution in [3.8, 4) is 0 Å². The number of halogens is 3. The molecule has 0 aliphatic heterocycles. The molecular weight excluding hydrogens is 164 g/mol. The molecule has 5 heteroatoms. The maximum absolute atomic E-state index is 12.3. The highest BCUT2D eigenvalue weighted by atomic mass is 35.5. The van der Waals surface area contributed by atoms with Crippen molar-refractivity contribution in [3.05, 3.63) is 0 Å². The summed E-state index contributed by atoms with van der Waals surface area (Å²) in [6, 6.07) is -0.736. The number of aliphatic hydroxyl groups excluding tert-OH is 1. The molecule has 0 amide bonds. The summed E-state index contributed by atoms with van der Waals surface area (Å²) in [5.74, 6) is -2.95. The Balaban J connectivity index is 0.000000810. The average Bonchev–Trinajstić information content (AvgIpc) is 1.97. The van der Waals surface area contributed by atoms with E-state index in [4.69, 9.17) is 10.8 Å². The van der Waals surface area contributed by atoms with Crippen LogP contribution in [0.15, 0.2) is 0 Å². The molecule has 0 aromatic heterocycles. The van der Waals surface area contributed by atoms with Crippen molar-refractivity contribution in [3.63, 3.8) is 0 Å². The fourth-order valence-electron chi connectivity index (χ4n) is 0.978. The molecule has 1 rings (SSSR count). The Hall–Kier alpha value is 0.0700. The van der Waals surface area contributed by atoms with Crippen LogP contribution in [0.4, 0.5) is 8.78 Å². The summed E-state index contributed by atoms with van der Waals surface area (Å²) in [6.07, 6.45) is -1.69. The van der Waals surface area contributed by atoms with Crippen LogP contribution in [0.3, 0.4) is 0 Å². The normalized spacial score (nSPS) is 37.2. The molecule has 3 N–H and O–H groups in total. The van der Waals surface area contributed by atoms with E-state index >= 15 is 0 Å². The van der Waals surface area contributed by atoms with Crippen molar-refractivity contribution >= 4 is 12.4 Å². The molecule has 1 aliphatic carbocycles. The zero-order chi connectivity index (χ0) is 7.07. The van der Waals surface area contributed by atoms with Crippen molar-refractivity contribution in [1.29, 1.82) is 0 Å². The monoisotopic (exact) mass is 173 g/mol. The summed E-state index contributed by atoms with van der Waals surface area (Å²) < 4.78 is 24.5. The predicted octanol–water partition coefficient (Wildman–Crippen LogP) is 0.526. The molecule has 0 aromatic carbocycles. The van der Waals surface area contributed by atoms with Crippen LogP contribution in [-0.4, -0.2) is 23.2 Å². The standard InChI is InChI=1S/C5H9F2NO.ClH/c6-5(7)2-1-3(8)4(5)9;/h3-4,9H,1-2,8H2;1H/t3-,4+;/m1./s1. The number of rotatable bonds is 0. The van der Waals surface area contributed by atoms with Gasteiger partial charge in [0.1, 0.15) is 6.10 Å². The lowest BCUT2D eigenvalue weighted by molar-refractivity contribution is -0.0891. The Morgan fingerprint density at radius 2 is 2.00 bits per heavy atom. The van der Waals surface area contributed by atoms with Crippen LogP contribution in [0.1, 0.15) is 12.8 Å². The molecule has 1 saturated carbocycles. The fourth-order valence-corrected chi connectivity index (χ4v) is 0.978. The molecule has 0 unspecified atom stereocenters. The number of hydrogen-bond acceptors (Lipinski definition) is 2. The van der Waals surface area contributed by atoms with Gasteiger partial charge in [-0.3, -0.25) is 0 Å². The van der Waals surface area contributed by atoms with Gasteiger partial charge in [0.05, 0.1) is 0 Å². The van der Waals surface area contributed by atoms with Crippen LogP contribution in [0, 0.1) is 0 Å². The van der Waals surface area contributed by atoms with Crippen LogP contribution in [0.2, 0.25) is 0 Å². The first-order chi connectivity index (χ1) is 4.04. The maximum Gasteiger partial charge on any atom is 0.275 e. The third-order valence-electron chi connectivity index (χ3n) is 1.65. The van der Waals surface area contributed by atoms with Gasteiger partial charge in [0.25, 0.3) is 5.92 Å².